The summed E-state index contributed by atoms with van der Waals surface area (Å²) in [5.74, 6) is -0.444. The summed E-state index contributed by atoms with van der Waals surface area (Å²) in [6.45, 7) is 2.47. The quantitative estimate of drug-likeness (QED) is 0.862. The molecule has 0 saturated carbocycles. The number of nitriles is 1. The van der Waals surface area contributed by atoms with Crippen LogP contribution in [-0.4, -0.2) is 36.9 Å². The van der Waals surface area contributed by atoms with Crippen LogP contribution in [0.15, 0.2) is 24.3 Å². The number of nitrogens with zero attached hydrogens (tertiary/aromatic N) is 2. The molecule has 0 radical (unpaired) electrons. The summed E-state index contributed by atoms with van der Waals surface area (Å²) in [6, 6.07) is 8.48. The maximum absolute atomic E-state index is 12.3. The lowest BCUT2D eigenvalue weighted by atomic mass is 10.1. The lowest BCUT2D eigenvalue weighted by Crippen LogP contribution is -2.40. The smallest absolute Gasteiger partial charge is 0.254 e. The molecule has 0 spiro atoms. The molecule has 0 aliphatic rings. The third-order valence-electron chi connectivity index (χ3n) is 2.63. The number of carbonyl (C=O) groups is 2. The molecule has 0 aliphatic heterocycles. The second-order valence-corrected chi connectivity index (χ2v) is 4.09. The minimum absolute atomic E-state index is 0.0277. The van der Waals surface area contributed by atoms with Crippen LogP contribution in [0.25, 0.3) is 0 Å². The van der Waals surface area contributed by atoms with Crippen molar-refractivity contribution in [3.8, 4) is 6.07 Å². The highest BCUT2D eigenvalue weighted by Crippen LogP contribution is 2.08. The molecule has 19 heavy (non-hydrogen) atoms. The second kappa shape index (κ2) is 7.17. The van der Waals surface area contributed by atoms with Gasteiger partial charge in [0.2, 0.25) is 5.91 Å². The van der Waals surface area contributed by atoms with E-state index in [1.54, 1.807) is 18.2 Å². The van der Waals surface area contributed by atoms with E-state index in [9.17, 15) is 9.59 Å². The summed E-state index contributed by atoms with van der Waals surface area (Å²) in [4.78, 5) is 25.2. The molecule has 1 rings (SSSR count). The van der Waals surface area contributed by atoms with Crippen LogP contribution < -0.4 is 5.32 Å². The Kier molecular flexibility index (Phi) is 5.55. The lowest BCUT2D eigenvalue weighted by Gasteiger charge is -2.21. The van der Waals surface area contributed by atoms with Gasteiger partial charge in [-0.2, -0.15) is 5.26 Å². The van der Waals surface area contributed by atoms with E-state index >= 15 is 0 Å². The predicted molar refractivity (Wildman–Crippen MR) is 71.4 cm³/mol. The number of amides is 2. The fraction of sp³-hybridized carbons (Fsp3) is 0.357. The Morgan fingerprint density at radius 1 is 1.42 bits per heavy atom. The molecule has 2 amide bonds. The van der Waals surface area contributed by atoms with Crippen LogP contribution in [0.1, 0.15) is 29.3 Å². The number of benzene rings is 1. The first-order valence-corrected chi connectivity index (χ1v) is 6.12. The zero-order valence-electron chi connectivity index (χ0n) is 11.1. The van der Waals surface area contributed by atoms with Crippen molar-refractivity contribution in [1.29, 1.82) is 5.26 Å². The topological polar surface area (TPSA) is 73.2 Å². The van der Waals surface area contributed by atoms with Gasteiger partial charge in [0, 0.05) is 19.2 Å². The van der Waals surface area contributed by atoms with E-state index < -0.39 is 0 Å². The fourth-order valence-electron chi connectivity index (χ4n) is 1.68. The molecule has 0 fully saturated rings. The van der Waals surface area contributed by atoms with Crippen LogP contribution >= 0.6 is 0 Å². The van der Waals surface area contributed by atoms with Crippen LogP contribution in [0.2, 0.25) is 0 Å². The molecule has 0 bridgehead atoms. The summed E-state index contributed by atoms with van der Waals surface area (Å²) in [5, 5.41) is 11.3. The van der Waals surface area contributed by atoms with Crippen molar-refractivity contribution in [2.24, 2.45) is 0 Å². The first-order valence-electron chi connectivity index (χ1n) is 6.12. The van der Waals surface area contributed by atoms with E-state index in [1.165, 1.54) is 18.0 Å². The summed E-state index contributed by atoms with van der Waals surface area (Å²) >= 11 is 0. The van der Waals surface area contributed by atoms with Gasteiger partial charge in [0.15, 0.2) is 0 Å². The molecule has 0 unspecified atom stereocenters. The molecular formula is C14H17N3O2. The normalized spacial score (nSPS) is 9.53. The van der Waals surface area contributed by atoms with Crippen molar-refractivity contribution in [1.82, 2.24) is 10.2 Å². The number of hydrogen-bond donors (Lipinski definition) is 1. The summed E-state index contributed by atoms with van der Waals surface area (Å²) in [6.07, 6.45) is 0.765. The van der Waals surface area contributed by atoms with E-state index in [0.717, 1.165) is 6.42 Å². The Bertz CT molecular complexity index is 506. The molecule has 5 nitrogen and oxygen atoms in total. The third kappa shape index (κ3) is 4.11. The number of rotatable bonds is 5. The van der Waals surface area contributed by atoms with Crippen molar-refractivity contribution in [3.05, 3.63) is 35.4 Å². The van der Waals surface area contributed by atoms with Gasteiger partial charge in [0.1, 0.15) is 0 Å². The van der Waals surface area contributed by atoms with Gasteiger partial charge in [-0.15, -0.1) is 0 Å². The van der Waals surface area contributed by atoms with Gasteiger partial charge in [0.25, 0.3) is 5.91 Å². The van der Waals surface area contributed by atoms with E-state index in [-0.39, 0.29) is 18.4 Å². The molecule has 100 valence electrons. The Morgan fingerprint density at radius 2 is 2.16 bits per heavy atom. The van der Waals surface area contributed by atoms with Gasteiger partial charge in [-0.25, -0.2) is 0 Å². The Hall–Kier alpha value is -2.35. The number of carbonyl (C=O) groups excluding carboxylic acids is 2. The number of likely N-dealkylation sites (N-methyl/N-ethyl adjacent to an activating group) is 1. The van der Waals surface area contributed by atoms with Gasteiger partial charge >= 0.3 is 0 Å². The van der Waals surface area contributed by atoms with E-state index in [2.05, 4.69) is 5.32 Å². The molecule has 1 N–H and O–H groups in total. The Balaban J connectivity index is 2.92. The summed E-state index contributed by atoms with van der Waals surface area (Å²) < 4.78 is 0. The van der Waals surface area contributed by atoms with Crippen molar-refractivity contribution >= 4 is 11.8 Å². The maximum Gasteiger partial charge on any atom is 0.254 e. The Morgan fingerprint density at radius 3 is 2.74 bits per heavy atom. The van der Waals surface area contributed by atoms with Gasteiger partial charge in [-0.05, 0) is 24.6 Å². The van der Waals surface area contributed by atoms with Crippen LogP contribution in [0.4, 0.5) is 0 Å². The predicted octanol–water partition coefficient (Wildman–Crippen LogP) is 1.16. The average Bonchev–Trinajstić information content (AvgIpc) is 2.45. The van der Waals surface area contributed by atoms with Crippen molar-refractivity contribution < 1.29 is 9.59 Å². The van der Waals surface area contributed by atoms with Crippen molar-refractivity contribution in [2.45, 2.75) is 13.3 Å². The first kappa shape index (κ1) is 14.7. The summed E-state index contributed by atoms with van der Waals surface area (Å²) in [5.41, 5.74) is 0.860. The van der Waals surface area contributed by atoms with E-state index in [1.807, 2.05) is 13.0 Å². The molecule has 0 heterocycles. The first-order chi connectivity index (χ1) is 9.12. The van der Waals surface area contributed by atoms with E-state index in [0.29, 0.717) is 17.7 Å². The van der Waals surface area contributed by atoms with Gasteiger partial charge in [-0.1, -0.05) is 13.0 Å². The largest absolute Gasteiger partial charge is 0.358 e. The zero-order valence-corrected chi connectivity index (χ0v) is 11.1. The average molecular weight is 259 g/mol. The van der Waals surface area contributed by atoms with Gasteiger partial charge in [-0.3, -0.25) is 9.59 Å². The summed E-state index contributed by atoms with van der Waals surface area (Å²) in [7, 11) is 1.53. The molecule has 0 atom stereocenters. The van der Waals surface area contributed by atoms with Crippen LogP contribution in [0, 0.1) is 11.3 Å². The molecular weight excluding hydrogens is 242 g/mol. The van der Waals surface area contributed by atoms with Crippen molar-refractivity contribution in [2.75, 3.05) is 20.1 Å². The third-order valence-corrected chi connectivity index (χ3v) is 2.63. The highest BCUT2D eigenvalue weighted by Gasteiger charge is 2.17. The maximum atomic E-state index is 12.3. The molecule has 5 heteroatoms. The standard InChI is InChI=1S/C14H17N3O2/c1-3-7-17(10-13(18)16-2)14(19)12-6-4-5-11(8-12)9-15/h4-6,8H,3,7,10H2,1-2H3,(H,16,18). The lowest BCUT2D eigenvalue weighted by molar-refractivity contribution is -0.121. The monoisotopic (exact) mass is 259 g/mol. The zero-order chi connectivity index (χ0) is 14.3. The minimum Gasteiger partial charge on any atom is -0.358 e. The second-order valence-electron chi connectivity index (χ2n) is 4.09. The highest BCUT2D eigenvalue weighted by molar-refractivity contribution is 5.96. The van der Waals surface area contributed by atoms with E-state index in [4.69, 9.17) is 5.26 Å². The fourth-order valence-corrected chi connectivity index (χ4v) is 1.68. The Labute approximate surface area is 112 Å². The molecule has 1 aromatic rings. The molecule has 0 saturated heterocycles. The van der Waals surface area contributed by atoms with Gasteiger partial charge < -0.3 is 10.2 Å². The molecule has 1 aromatic carbocycles. The minimum atomic E-state index is -0.234. The molecule has 0 aliphatic carbocycles. The van der Waals surface area contributed by atoms with Crippen LogP contribution in [0.3, 0.4) is 0 Å². The van der Waals surface area contributed by atoms with Crippen LogP contribution in [-0.2, 0) is 4.79 Å². The number of nitrogens with one attached hydrogen (secondary N) is 1. The van der Waals surface area contributed by atoms with Crippen molar-refractivity contribution in [3.63, 3.8) is 0 Å². The SMILES string of the molecule is CCCN(CC(=O)NC)C(=O)c1cccc(C#N)c1. The van der Waals surface area contributed by atoms with Crippen LogP contribution in [0.5, 0.6) is 0 Å². The highest BCUT2D eigenvalue weighted by atomic mass is 16.2. The molecule has 0 aromatic heterocycles. The van der Waals surface area contributed by atoms with Gasteiger partial charge in [0.05, 0.1) is 18.2 Å². The number of hydrogen-bond acceptors (Lipinski definition) is 3.